The molecule has 0 unspecified atom stereocenters. The minimum absolute atomic E-state index is 0.0331. The van der Waals surface area contributed by atoms with E-state index in [0.29, 0.717) is 18.0 Å². The number of benzene rings is 1. The van der Waals surface area contributed by atoms with Crippen molar-refractivity contribution in [3.05, 3.63) is 24.3 Å². The van der Waals surface area contributed by atoms with E-state index < -0.39 is 6.10 Å². The number of rotatable bonds is 7. The molecule has 2 rings (SSSR count). The first kappa shape index (κ1) is 19.1. The maximum Gasteiger partial charge on any atom is 0.261 e. The van der Waals surface area contributed by atoms with E-state index in [1.54, 1.807) is 24.3 Å². The average molecular weight is 348 g/mol. The van der Waals surface area contributed by atoms with Crippen LogP contribution in [0.15, 0.2) is 24.3 Å². The molecule has 6 nitrogen and oxygen atoms in total. The normalized spacial score (nSPS) is 18.0. The highest BCUT2D eigenvalue weighted by Crippen LogP contribution is 2.20. The van der Waals surface area contributed by atoms with Gasteiger partial charge < -0.3 is 20.1 Å². The van der Waals surface area contributed by atoms with E-state index in [0.717, 1.165) is 25.7 Å². The topological polar surface area (TPSA) is 76.7 Å². The summed E-state index contributed by atoms with van der Waals surface area (Å²) in [5.74, 6) is 0.989. The molecule has 0 saturated carbocycles. The molecule has 25 heavy (non-hydrogen) atoms. The number of carbonyl (C=O) groups excluding carboxylic acids is 2. The largest absolute Gasteiger partial charge is 0.484 e. The molecule has 0 aromatic heterocycles. The third kappa shape index (κ3) is 6.29. The highest BCUT2D eigenvalue weighted by Gasteiger charge is 2.22. The predicted octanol–water partition coefficient (Wildman–Crippen LogP) is 2.42. The molecule has 0 aliphatic carbocycles. The summed E-state index contributed by atoms with van der Waals surface area (Å²) in [7, 11) is 0. The summed E-state index contributed by atoms with van der Waals surface area (Å²) in [5.41, 5.74) is -0.239. The molecule has 1 aromatic carbocycles. The molecular weight excluding hydrogens is 320 g/mol. The lowest BCUT2D eigenvalue weighted by Gasteiger charge is -2.24. The van der Waals surface area contributed by atoms with Crippen LogP contribution < -0.4 is 20.1 Å². The Bertz CT molecular complexity index is 584. The first-order valence-corrected chi connectivity index (χ1v) is 8.88. The summed E-state index contributed by atoms with van der Waals surface area (Å²) in [4.78, 5) is 23.8. The molecule has 1 fully saturated rings. The monoisotopic (exact) mass is 348 g/mol. The van der Waals surface area contributed by atoms with Gasteiger partial charge >= 0.3 is 0 Å². The summed E-state index contributed by atoms with van der Waals surface area (Å²) in [6.45, 7) is 6.65. The highest BCUT2D eigenvalue weighted by molar-refractivity contribution is 5.81. The predicted molar refractivity (Wildman–Crippen MR) is 95.7 cm³/mol. The quantitative estimate of drug-likeness (QED) is 0.793. The number of carbonyl (C=O) groups is 2. The van der Waals surface area contributed by atoms with E-state index in [9.17, 15) is 9.59 Å². The second-order valence-electron chi connectivity index (χ2n) is 6.94. The Morgan fingerprint density at radius 3 is 2.60 bits per heavy atom. The van der Waals surface area contributed by atoms with Crippen LogP contribution in [0, 0.1) is 0 Å². The van der Waals surface area contributed by atoms with Crippen molar-refractivity contribution in [1.82, 2.24) is 10.6 Å². The van der Waals surface area contributed by atoms with Gasteiger partial charge in [0.1, 0.15) is 11.5 Å². The van der Waals surface area contributed by atoms with Crippen molar-refractivity contribution in [2.24, 2.45) is 0 Å². The molecular formula is C19H28N2O4. The lowest BCUT2D eigenvalue weighted by Crippen LogP contribution is -2.44. The number of hydrogen-bond acceptors (Lipinski definition) is 4. The minimum Gasteiger partial charge on any atom is -0.484 e. The summed E-state index contributed by atoms with van der Waals surface area (Å²) in [6, 6.07) is 6.98. The fourth-order valence-corrected chi connectivity index (χ4v) is 2.45. The Labute approximate surface area is 149 Å². The van der Waals surface area contributed by atoms with Gasteiger partial charge in [-0.25, -0.2) is 0 Å². The van der Waals surface area contributed by atoms with E-state index in [1.165, 1.54) is 0 Å². The van der Waals surface area contributed by atoms with Crippen LogP contribution in [0.2, 0.25) is 0 Å². The molecule has 1 aromatic rings. The minimum atomic E-state index is -0.448. The Balaban J connectivity index is 1.83. The van der Waals surface area contributed by atoms with Crippen molar-refractivity contribution in [3.63, 3.8) is 0 Å². The SMILES string of the molecule is CCC(C)(C)NC(=O)COc1ccc(O[C@@H]2CCCCNC2=O)cc1. The molecule has 2 amide bonds. The van der Waals surface area contributed by atoms with Crippen LogP contribution in [0.25, 0.3) is 0 Å². The number of hydrogen-bond donors (Lipinski definition) is 2. The zero-order valence-corrected chi connectivity index (χ0v) is 15.3. The van der Waals surface area contributed by atoms with Crippen LogP contribution in [-0.2, 0) is 9.59 Å². The van der Waals surface area contributed by atoms with Crippen LogP contribution in [0.5, 0.6) is 11.5 Å². The van der Waals surface area contributed by atoms with Gasteiger partial charge in [-0.1, -0.05) is 6.92 Å². The first-order chi connectivity index (χ1) is 11.9. The van der Waals surface area contributed by atoms with Gasteiger partial charge in [0.25, 0.3) is 11.8 Å². The third-order valence-electron chi connectivity index (χ3n) is 4.32. The fourth-order valence-electron chi connectivity index (χ4n) is 2.45. The average Bonchev–Trinajstić information content (AvgIpc) is 2.78. The highest BCUT2D eigenvalue weighted by atomic mass is 16.5. The molecule has 6 heteroatoms. The van der Waals surface area contributed by atoms with Crippen molar-refractivity contribution < 1.29 is 19.1 Å². The molecule has 1 saturated heterocycles. The van der Waals surface area contributed by atoms with Crippen molar-refractivity contribution in [2.75, 3.05) is 13.2 Å². The molecule has 1 heterocycles. The van der Waals surface area contributed by atoms with Gasteiger partial charge in [-0.3, -0.25) is 9.59 Å². The summed E-state index contributed by atoms with van der Waals surface area (Å²) in [5, 5.41) is 5.77. The van der Waals surface area contributed by atoms with Gasteiger partial charge in [0.2, 0.25) is 0 Å². The Kier molecular flexibility index (Phi) is 6.67. The van der Waals surface area contributed by atoms with Crippen LogP contribution in [0.3, 0.4) is 0 Å². The van der Waals surface area contributed by atoms with E-state index in [2.05, 4.69) is 10.6 Å². The number of amides is 2. The van der Waals surface area contributed by atoms with Crippen LogP contribution >= 0.6 is 0 Å². The molecule has 0 bridgehead atoms. The summed E-state index contributed by atoms with van der Waals surface area (Å²) in [6.07, 6.45) is 3.07. The summed E-state index contributed by atoms with van der Waals surface area (Å²) < 4.78 is 11.3. The smallest absolute Gasteiger partial charge is 0.261 e. The van der Waals surface area contributed by atoms with E-state index in [1.807, 2.05) is 20.8 Å². The van der Waals surface area contributed by atoms with Crippen molar-refractivity contribution >= 4 is 11.8 Å². The lowest BCUT2D eigenvalue weighted by atomic mass is 10.0. The first-order valence-electron chi connectivity index (χ1n) is 8.88. The molecule has 0 radical (unpaired) electrons. The molecule has 1 aliphatic rings. The maximum atomic E-state index is 11.9. The molecule has 1 aliphatic heterocycles. The van der Waals surface area contributed by atoms with Crippen molar-refractivity contribution in [1.29, 1.82) is 0 Å². The van der Waals surface area contributed by atoms with Gasteiger partial charge in [0.05, 0.1) is 0 Å². The second-order valence-corrected chi connectivity index (χ2v) is 6.94. The molecule has 0 spiro atoms. The van der Waals surface area contributed by atoms with Crippen molar-refractivity contribution in [2.45, 2.75) is 58.1 Å². The zero-order valence-electron chi connectivity index (χ0n) is 15.3. The van der Waals surface area contributed by atoms with Crippen molar-refractivity contribution in [3.8, 4) is 11.5 Å². The van der Waals surface area contributed by atoms with Gasteiger partial charge in [-0.15, -0.1) is 0 Å². The number of nitrogens with one attached hydrogen (secondary N) is 2. The Morgan fingerprint density at radius 2 is 1.92 bits per heavy atom. The zero-order chi connectivity index (χ0) is 18.3. The Hall–Kier alpha value is -2.24. The van der Waals surface area contributed by atoms with E-state index in [-0.39, 0.29) is 24.0 Å². The molecule has 138 valence electrons. The van der Waals surface area contributed by atoms with Gasteiger partial charge in [0, 0.05) is 12.1 Å². The van der Waals surface area contributed by atoms with E-state index >= 15 is 0 Å². The molecule has 2 N–H and O–H groups in total. The van der Waals surface area contributed by atoms with Gasteiger partial charge in [-0.05, 0) is 63.8 Å². The fraction of sp³-hybridized carbons (Fsp3) is 0.579. The molecule has 1 atom stereocenters. The van der Waals surface area contributed by atoms with Crippen LogP contribution in [0.4, 0.5) is 0 Å². The second kappa shape index (κ2) is 8.74. The lowest BCUT2D eigenvalue weighted by molar-refractivity contribution is -0.127. The Morgan fingerprint density at radius 1 is 1.24 bits per heavy atom. The van der Waals surface area contributed by atoms with Crippen LogP contribution in [-0.4, -0.2) is 36.6 Å². The third-order valence-corrected chi connectivity index (χ3v) is 4.32. The van der Waals surface area contributed by atoms with Gasteiger partial charge in [-0.2, -0.15) is 0 Å². The summed E-state index contributed by atoms with van der Waals surface area (Å²) >= 11 is 0. The van der Waals surface area contributed by atoms with E-state index in [4.69, 9.17) is 9.47 Å². The standard InChI is InChI=1S/C19H28N2O4/c1-4-19(2,3)21-17(22)13-24-14-8-10-15(11-9-14)25-16-7-5-6-12-20-18(16)23/h8-11,16H,4-7,12-13H2,1-3H3,(H,20,23)(H,21,22)/t16-/m1/s1. The maximum absolute atomic E-state index is 11.9. The number of ether oxygens (including phenoxy) is 2. The van der Waals surface area contributed by atoms with Gasteiger partial charge in [0.15, 0.2) is 12.7 Å². The van der Waals surface area contributed by atoms with Crippen LogP contribution in [0.1, 0.15) is 46.5 Å².